The lowest BCUT2D eigenvalue weighted by Gasteiger charge is -2.36. The first-order chi connectivity index (χ1) is 12.7. The van der Waals surface area contributed by atoms with Crippen LogP contribution in [0.15, 0.2) is 24.5 Å². The quantitative estimate of drug-likeness (QED) is 0.823. The fourth-order valence-corrected chi connectivity index (χ4v) is 4.63. The van der Waals surface area contributed by atoms with Crippen LogP contribution in [0.4, 0.5) is 0 Å². The molecule has 0 saturated carbocycles. The van der Waals surface area contributed by atoms with Crippen molar-refractivity contribution in [2.75, 3.05) is 39.3 Å². The zero-order valence-corrected chi connectivity index (χ0v) is 15.3. The molecule has 1 aromatic rings. The molecule has 1 aromatic heterocycles. The van der Waals surface area contributed by atoms with E-state index in [9.17, 15) is 9.59 Å². The van der Waals surface area contributed by atoms with Gasteiger partial charge in [0.25, 0.3) is 5.91 Å². The van der Waals surface area contributed by atoms with Crippen LogP contribution in [0.3, 0.4) is 0 Å². The van der Waals surface area contributed by atoms with Crippen molar-refractivity contribution in [1.82, 2.24) is 19.7 Å². The topological polar surface area (TPSA) is 56.8 Å². The maximum atomic E-state index is 12.8. The van der Waals surface area contributed by atoms with Gasteiger partial charge in [-0.25, -0.2) is 0 Å². The number of hydrogen-bond donors (Lipinski definition) is 0. The summed E-state index contributed by atoms with van der Waals surface area (Å²) < 4.78 is 0. The highest BCUT2D eigenvalue weighted by Gasteiger charge is 2.38. The number of carbonyl (C=O) groups is 2. The fraction of sp³-hybridized carbons (Fsp3) is 0.650. The summed E-state index contributed by atoms with van der Waals surface area (Å²) >= 11 is 0. The normalized spacial score (nSPS) is 26.2. The van der Waals surface area contributed by atoms with Gasteiger partial charge in [-0.1, -0.05) is 0 Å². The van der Waals surface area contributed by atoms with E-state index in [0.717, 1.165) is 45.6 Å². The molecule has 0 spiro atoms. The molecule has 2 amide bonds. The molecule has 140 valence electrons. The molecule has 0 N–H and O–H groups in total. The van der Waals surface area contributed by atoms with E-state index in [1.807, 2.05) is 4.90 Å². The zero-order chi connectivity index (χ0) is 17.9. The van der Waals surface area contributed by atoms with E-state index in [1.165, 1.54) is 12.8 Å². The standard InChI is InChI=1S/C20H28N4O2/c25-19(7-12-22-10-1-2-11-22)24-14-16-3-4-18(24)15-23(13-16)20(26)17-5-8-21-9-6-17/h5-6,8-9,16,18H,1-4,7,10-15H2/t16-,18+/m1/s1. The van der Waals surface area contributed by atoms with Gasteiger partial charge in [0, 0.05) is 56.6 Å². The van der Waals surface area contributed by atoms with Gasteiger partial charge in [0.2, 0.25) is 5.91 Å². The number of pyridine rings is 1. The second-order valence-corrected chi connectivity index (χ2v) is 7.89. The van der Waals surface area contributed by atoms with Crippen LogP contribution >= 0.6 is 0 Å². The van der Waals surface area contributed by atoms with E-state index in [0.29, 0.717) is 24.4 Å². The Balaban J connectivity index is 1.39. The third-order valence-electron chi connectivity index (χ3n) is 6.09. The summed E-state index contributed by atoms with van der Waals surface area (Å²) in [6.45, 7) is 5.37. The second kappa shape index (κ2) is 7.74. The average Bonchev–Trinajstić information content (AvgIpc) is 3.04. The molecule has 4 aliphatic rings. The molecular weight excluding hydrogens is 328 g/mol. The number of nitrogens with zero attached hydrogens (tertiary/aromatic N) is 4. The largest absolute Gasteiger partial charge is 0.338 e. The Morgan fingerprint density at radius 1 is 1.04 bits per heavy atom. The molecule has 2 atom stereocenters. The minimum Gasteiger partial charge on any atom is -0.338 e. The first-order valence-corrected chi connectivity index (χ1v) is 9.92. The average molecular weight is 356 g/mol. The molecule has 0 aromatic carbocycles. The van der Waals surface area contributed by atoms with Gasteiger partial charge in [0.05, 0.1) is 0 Å². The summed E-state index contributed by atoms with van der Waals surface area (Å²) in [5.74, 6) is 0.732. The molecule has 6 heteroatoms. The second-order valence-electron chi connectivity index (χ2n) is 7.89. The van der Waals surface area contributed by atoms with Crippen molar-refractivity contribution in [1.29, 1.82) is 0 Å². The summed E-state index contributed by atoms with van der Waals surface area (Å²) in [4.78, 5) is 36.1. The van der Waals surface area contributed by atoms with Crippen LogP contribution in [0.1, 0.15) is 42.5 Å². The van der Waals surface area contributed by atoms with E-state index >= 15 is 0 Å². The highest BCUT2D eigenvalue weighted by atomic mass is 16.2. The Hall–Kier alpha value is -1.95. The molecule has 4 aliphatic heterocycles. The minimum absolute atomic E-state index is 0.0654. The Kier molecular flexibility index (Phi) is 5.20. The van der Waals surface area contributed by atoms with Crippen LogP contribution in [0.25, 0.3) is 0 Å². The molecular formula is C20H28N4O2. The van der Waals surface area contributed by atoms with Gasteiger partial charge in [0.1, 0.15) is 0 Å². The molecule has 0 radical (unpaired) electrons. The van der Waals surface area contributed by atoms with Crippen molar-refractivity contribution in [2.24, 2.45) is 5.92 Å². The lowest BCUT2D eigenvalue weighted by atomic mass is 9.94. The summed E-state index contributed by atoms with van der Waals surface area (Å²) in [6.07, 6.45) is 8.58. The monoisotopic (exact) mass is 356 g/mol. The van der Waals surface area contributed by atoms with Gasteiger partial charge in [-0.15, -0.1) is 0 Å². The van der Waals surface area contributed by atoms with Gasteiger partial charge >= 0.3 is 0 Å². The molecule has 0 unspecified atom stereocenters. The Labute approximate surface area is 155 Å². The van der Waals surface area contributed by atoms with Gasteiger partial charge in [-0.2, -0.15) is 0 Å². The van der Waals surface area contributed by atoms with Crippen molar-refractivity contribution in [2.45, 2.75) is 38.1 Å². The van der Waals surface area contributed by atoms with Gasteiger partial charge in [-0.3, -0.25) is 14.6 Å². The molecule has 26 heavy (non-hydrogen) atoms. The lowest BCUT2D eigenvalue weighted by Crippen LogP contribution is -2.48. The first-order valence-electron chi connectivity index (χ1n) is 9.92. The number of aromatic nitrogens is 1. The van der Waals surface area contributed by atoms with Crippen molar-refractivity contribution in [3.8, 4) is 0 Å². The molecule has 5 heterocycles. The fourth-order valence-electron chi connectivity index (χ4n) is 4.63. The molecule has 0 aliphatic carbocycles. The third-order valence-corrected chi connectivity index (χ3v) is 6.09. The molecule has 4 fully saturated rings. The maximum Gasteiger partial charge on any atom is 0.254 e. The minimum atomic E-state index is 0.0654. The van der Waals surface area contributed by atoms with E-state index in [-0.39, 0.29) is 17.9 Å². The zero-order valence-electron chi connectivity index (χ0n) is 15.3. The van der Waals surface area contributed by atoms with Crippen LogP contribution in [0.5, 0.6) is 0 Å². The first kappa shape index (κ1) is 17.5. The summed E-state index contributed by atoms with van der Waals surface area (Å²) in [7, 11) is 0. The highest BCUT2D eigenvalue weighted by molar-refractivity contribution is 5.94. The Morgan fingerprint density at radius 2 is 1.81 bits per heavy atom. The van der Waals surface area contributed by atoms with Crippen molar-refractivity contribution >= 4 is 11.8 Å². The lowest BCUT2D eigenvalue weighted by molar-refractivity contribution is -0.135. The number of rotatable bonds is 4. The van der Waals surface area contributed by atoms with E-state index < -0.39 is 0 Å². The highest BCUT2D eigenvalue weighted by Crippen LogP contribution is 2.29. The molecule has 6 nitrogen and oxygen atoms in total. The maximum absolute atomic E-state index is 12.8. The van der Waals surface area contributed by atoms with Crippen LogP contribution < -0.4 is 0 Å². The predicted octanol–water partition coefficient (Wildman–Crippen LogP) is 1.63. The summed E-state index contributed by atoms with van der Waals surface area (Å²) in [6, 6.07) is 3.72. The van der Waals surface area contributed by atoms with Crippen LogP contribution in [0, 0.1) is 5.92 Å². The van der Waals surface area contributed by atoms with Gasteiger partial charge in [-0.05, 0) is 56.8 Å². The predicted molar refractivity (Wildman–Crippen MR) is 98.7 cm³/mol. The number of piperidine rings is 1. The van der Waals surface area contributed by atoms with E-state index in [4.69, 9.17) is 0 Å². The SMILES string of the molecule is O=C(c1ccncc1)N1C[C@H]2CC[C@@H](C1)N(C(=O)CCN1CCCC1)C2. The van der Waals surface area contributed by atoms with Gasteiger partial charge in [0.15, 0.2) is 0 Å². The van der Waals surface area contributed by atoms with Crippen molar-refractivity contribution in [3.05, 3.63) is 30.1 Å². The van der Waals surface area contributed by atoms with Crippen molar-refractivity contribution < 1.29 is 9.59 Å². The Morgan fingerprint density at radius 3 is 2.58 bits per heavy atom. The van der Waals surface area contributed by atoms with Crippen LogP contribution in [-0.2, 0) is 4.79 Å². The number of fused-ring (bicyclic) bond motifs is 4. The number of hydrogen-bond acceptors (Lipinski definition) is 4. The molecule has 2 bridgehead atoms. The number of amides is 2. The smallest absolute Gasteiger partial charge is 0.254 e. The Bertz CT molecular complexity index is 644. The molecule has 4 saturated heterocycles. The number of likely N-dealkylation sites (tertiary alicyclic amines) is 1. The van der Waals surface area contributed by atoms with Crippen molar-refractivity contribution in [3.63, 3.8) is 0 Å². The van der Waals surface area contributed by atoms with E-state index in [1.54, 1.807) is 24.5 Å². The number of carbonyl (C=O) groups excluding carboxylic acids is 2. The third kappa shape index (κ3) is 3.75. The summed E-state index contributed by atoms with van der Waals surface area (Å²) in [5.41, 5.74) is 0.688. The molecule has 5 rings (SSSR count). The van der Waals surface area contributed by atoms with Crippen LogP contribution in [0.2, 0.25) is 0 Å². The van der Waals surface area contributed by atoms with E-state index in [2.05, 4.69) is 14.8 Å². The van der Waals surface area contributed by atoms with Gasteiger partial charge < -0.3 is 14.7 Å². The van der Waals surface area contributed by atoms with Crippen LogP contribution in [-0.4, -0.2) is 76.8 Å². The summed E-state index contributed by atoms with van der Waals surface area (Å²) in [5, 5.41) is 0.